The highest BCUT2D eigenvalue weighted by molar-refractivity contribution is 6.13. The van der Waals surface area contributed by atoms with Crippen LogP contribution in [0.1, 0.15) is 39.3 Å². The van der Waals surface area contributed by atoms with Gasteiger partial charge in [0.25, 0.3) is 11.8 Å². The van der Waals surface area contributed by atoms with Crippen molar-refractivity contribution in [2.24, 2.45) is 10.9 Å². The highest BCUT2D eigenvalue weighted by atomic mass is 16.2. The number of fused-ring (bicyclic) bond motifs is 1. The van der Waals surface area contributed by atoms with E-state index in [1.165, 1.54) is 0 Å². The average Bonchev–Trinajstić information content (AvgIpc) is 3.37. The van der Waals surface area contributed by atoms with Crippen LogP contribution in [-0.2, 0) is 4.79 Å². The van der Waals surface area contributed by atoms with Crippen molar-refractivity contribution in [3.05, 3.63) is 77.6 Å². The van der Waals surface area contributed by atoms with Crippen LogP contribution in [0.15, 0.2) is 65.8 Å². The number of nitrogens with one attached hydrogen (secondary N) is 1. The van der Waals surface area contributed by atoms with Crippen LogP contribution in [0.25, 0.3) is 11.1 Å². The van der Waals surface area contributed by atoms with Gasteiger partial charge in [0.05, 0.1) is 11.5 Å². The molecule has 3 amide bonds. The van der Waals surface area contributed by atoms with Crippen molar-refractivity contribution in [2.45, 2.75) is 12.8 Å². The number of likely N-dealkylation sites (N-methyl/N-ethyl adjacent to an activating group) is 1. The fraction of sp³-hybridized carbons (Fsp3) is 0.323. The van der Waals surface area contributed by atoms with E-state index in [4.69, 9.17) is 0 Å². The Balaban J connectivity index is 1.11. The van der Waals surface area contributed by atoms with Gasteiger partial charge in [-0.25, -0.2) is 4.99 Å². The van der Waals surface area contributed by atoms with E-state index in [1.807, 2.05) is 54.6 Å². The second kappa shape index (κ2) is 11.0. The zero-order valence-electron chi connectivity index (χ0n) is 22.5. The van der Waals surface area contributed by atoms with E-state index in [1.54, 1.807) is 17.3 Å². The number of carbonyl (C=O) groups is 3. The first-order chi connectivity index (χ1) is 19.4. The van der Waals surface area contributed by atoms with Crippen molar-refractivity contribution >= 4 is 35.3 Å². The first-order valence-corrected chi connectivity index (χ1v) is 13.8. The van der Waals surface area contributed by atoms with Crippen LogP contribution in [-0.4, -0.2) is 85.0 Å². The molecule has 0 bridgehead atoms. The number of benzene rings is 2. The molecule has 4 heterocycles. The largest absolute Gasteiger partial charge is 0.369 e. The number of anilines is 2. The molecule has 3 aliphatic heterocycles. The third-order valence-corrected chi connectivity index (χ3v) is 7.98. The van der Waals surface area contributed by atoms with Crippen LogP contribution in [0.2, 0.25) is 0 Å². The summed E-state index contributed by atoms with van der Waals surface area (Å²) in [6.45, 7) is 4.77. The molecule has 1 aromatic heterocycles. The summed E-state index contributed by atoms with van der Waals surface area (Å²) in [6.07, 6.45) is 4.76. The quantitative estimate of drug-likeness (QED) is 0.536. The maximum atomic E-state index is 13.4. The van der Waals surface area contributed by atoms with Gasteiger partial charge in [0, 0.05) is 68.6 Å². The number of rotatable bonds is 5. The van der Waals surface area contributed by atoms with E-state index in [0.29, 0.717) is 30.0 Å². The molecular formula is C31H32N6O3. The summed E-state index contributed by atoms with van der Waals surface area (Å²) in [4.78, 5) is 53.2. The number of piperidine rings is 1. The molecule has 204 valence electrons. The number of hydrogen-bond donors (Lipinski definition) is 1. The smallest absolute Gasteiger partial charge is 0.277 e. The Morgan fingerprint density at radius 3 is 2.62 bits per heavy atom. The standard InChI is InChI=1S/C31H32N6O3/c1-35-12-14-36(15-13-35)26-9-10-32-28(18-26)31(40)37-11-3-5-24(20-37)29(38)34-25-6-2-4-21(16-25)22-7-8-23-19-33-30(39)27(23)17-22/h2,4,6-10,16-19,24H,3,5,11-15,20H2,1H3,(H,34,38)/t24-/m0/s1. The van der Waals surface area contributed by atoms with Crippen molar-refractivity contribution in [3.63, 3.8) is 0 Å². The van der Waals surface area contributed by atoms with Gasteiger partial charge in [-0.1, -0.05) is 24.3 Å². The zero-order valence-corrected chi connectivity index (χ0v) is 22.5. The van der Waals surface area contributed by atoms with E-state index in [2.05, 4.69) is 32.1 Å². The number of amides is 3. The minimum absolute atomic E-state index is 0.105. The highest BCUT2D eigenvalue weighted by Gasteiger charge is 2.30. The summed E-state index contributed by atoms with van der Waals surface area (Å²) < 4.78 is 0. The SMILES string of the molecule is CN1CCN(c2ccnc(C(=O)N3CCC[C@H](C(=O)Nc4cccc(-c5ccc6c(c5)C(=O)N=C6)c4)C3)c2)CC1. The third-order valence-electron chi connectivity index (χ3n) is 7.98. The van der Waals surface area contributed by atoms with E-state index in [-0.39, 0.29) is 23.6 Å². The summed E-state index contributed by atoms with van der Waals surface area (Å²) >= 11 is 0. The lowest BCUT2D eigenvalue weighted by molar-refractivity contribution is -0.121. The molecule has 0 spiro atoms. The molecule has 0 unspecified atom stereocenters. The molecule has 2 aromatic carbocycles. The molecular weight excluding hydrogens is 504 g/mol. The van der Waals surface area contributed by atoms with Crippen LogP contribution in [0.3, 0.4) is 0 Å². The molecule has 9 heteroatoms. The number of aliphatic imine (C=N–C) groups is 1. The topological polar surface area (TPSA) is 98.2 Å². The Hall–Kier alpha value is -4.37. The van der Waals surface area contributed by atoms with E-state index < -0.39 is 0 Å². The molecule has 0 saturated carbocycles. The highest BCUT2D eigenvalue weighted by Crippen LogP contribution is 2.28. The maximum absolute atomic E-state index is 13.4. The number of hydrogen-bond acceptors (Lipinski definition) is 6. The van der Waals surface area contributed by atoms with Gasteiger partial charge in [-0.05, 0) is 61.3 Å². The molecule has 0 radical (unpaired) electrons. The summed E-state index contributed by atoms with van der Waals surface area (Å²) in [6, 6.07) is 17.1. The van der Waals surface area contributed by atoms with E-state index in [9.17, 15) is 14.4 Å². The molecule has 1 N–H and O–H groups in total. The molecule has 40 heavy (non-hydrogen) atoms. The van der Waals surface area contributed by atoms with Crippen LogP contribution < -0.4 is 10.2 Å². The summed E-state index contributed by atoms with van der Waals surface area (Å²) in [5.74, 6) is -0.784. The number of piperazine rings is 1. The van der Waals surface area contributed by atoms with Crippen molar-refractivity contribution in [1.82, 2.24) is 14.8 Å². The second-order valence-corrected chi connectivity index (χ2v) is 10.7. The van der Waals surface area contributed by atoms with Crippen LogP contribution in [0.5, 0.6) is 0 Å². The zero-order chi connectivity index (χ0) is 27.6. The fourth-order valence-electron chi connectivity index (χ4n) is 5.59. The lowest BCUT2D eigenvalue weighted by Gasteiger charge is -2.34. The van der Waals surface area contributed by atoms with Gasteiger partial charge in [-0.3, -0.25) is 19.4 Å². The number of likely N-dealkylation sites (tertiary alicyclic amines) is 1. The Morgan fingerprint density at radius 1 is 0.950 bits per heavy atom. The molecule has 6 rings (SSSR count). The predicted octanol–water partition coefficient (Wildman–Crippen LogP) is 3.56. The van der Waals surface area contributed by atoms with Crippen LogP contribution >= 0.6 is 0 Å². The lowest BCUT2D eigenvalue weighted by atomic mass is 9.96. The molecule has 3 aliphatic rings. The van der Waals surface area contributed by atoms with Gasteiger partial charge in [0.15, 0.2) is 0 Å². The van der Waals surface area contributed by atoms with Gasteiger partial charge in [0.2, 0.25) is 5.91 Å². The van der Waals surface area contributed by atoms with Gasteiger partial charge in [-0.2, -0.15) is 0 Å². The first kappa shape index (κ1) is 25.9. The number of aromatic nitrogens is 1. The molecule has 0 aliphatic carbocycles. The predicted molar refractivity (Wildman–Crippen MR) is 155 cm³/mol. The molecule has 9 nitrogen and oxygen atoms in total. The Labute approximate surface area is 233 Å². The van der Waals surface area contributed by atoms with Crippen molar-refractivity contribution in [2.75, 3.05) is 56.5 Å². The van der Waals surface area contributed by atoms with Crippen molar-refractivity contribution in [3.8, 4) is 11.1 Å². The van der Waals surface area contributed by atoms with Gasteiger partial charge in [0.1, 0.15) is 5.69 Å². The van der Waals surface area contributed by atoms with Crippen LogP contribution in [0.4, 0.5) is 11.4 Å². The normalized spacial score (nSPS) is 19.0. The van der Waals surface area contributed by atoms with Gasteiger partial charge < -0.3 is 20.0 Å². The second-order valence-electron chi connectivity index (χ2n) is 10.7. The summed E-state index contributed by atoms with van der Waals surface area (Å²) in [5, 5.41) is 3.04. The average molecular weight is 537 g/mol. The molecule has 1 atom stereocenters. The fourth-order valence-corrected chi connectivity index (χ4v) is 5.59. The minimum atomic E-state index is -0.308. The Morgan fingerprint density at radius 2 is 1.77 bits per heavy atom. The van der Waals surface area contributed by atoms with Gasteiger partial charge in [-0.15, -0.1) is 0 Å². The summed E-state index contributed by atoms with van der Waals surface area (Å²) in [7, 11) is 2.12. The number of pyridine rings is 1. The summed E-state index contributed by atoms with van der Waals surface area (Å²) in [5.41, 5.74) is 5.29. The molecule has 2 saturated heterocycles. The van der Waals surface area contributed by atoms with Crippen molar-refractivity contribution in [1.29, 1.82) is 0 Å². The van der Waals surface area contributed by atoms with Gasteiger partial charge >= 0.3 is 0 Å². The monoisotopic (exact) mass is 536 g/mol. The van der Waals surface area contributed by atoms with E-state index in [0.717, 1.165) is 61.4 Å². The van der Waals surface area contributed by atoms with E-state index >= 15 is 0 Å². The van der Waals surface area contributed by atoms with Crippen LogP contribution in [0, 0.1) is 5.92 Å². The Bertz CT molecular complexity index is 1490. The molecule has 3 aromatic rings. The first-order valence-electron chi connectivity index (χ1n) is 13.8. The Kier molecular flexibility index (Phi) is 7.13. The molecule has 2 fully saturated rings. The minimum Gasteiger partial charge on any atom is -0.369 e. The third kappa shape index (κ3) is 5.37. The maximum Gasteiger partial charge on any atom is 0.277 e. The number of carbonyl (C=O) groups excluding carboxylic acids is 3. The number of nitrogens with zero attached hydrogens (tertiary/aromatic N) is 5. The van der Waals surface area contributed by atoms with Crippen molar-refractivity contribution < 1.29 is 14.4 Å². The lowest BCUT2D eigenvalue weighted by Crippen LogP contribution is -2.45.